The van der Waals surface area contributed by atoms with E-state index in [0.717, 1.165) is 17.8 Å². The van der Waals surface area contributed by atoms with Crippen molar-refractivity contribution in [1.29, 1.82) is 0 Å². The van der Waals surface area contributed by atoms with Crippen LogP contribution in [0.2, 0.25) is 0 Å². The van der Waals surface area contributed by atoms with Gasteiger partial charge in [0, 0.05) is 6.42 Å². The predicted octanol–water partition coefficient (Wildman–Crippen LogP) is 2.47. The molecule has 0 N–H and O–H groups in total. The zero-order chi connectivity index (χ0) is 9.30. The van der Waals surface area contributed by atoms with E-state index in [1.54, 1.807) is 0 Å². The van der Waals surface area contributed by atoms with E-state index in [-0.39, 0.29) is 5.97 Å². The van der Waals surface area contributed by atoms with Crippen LogP contribution >= 0.6 is 11.6 Å². The molecule has 0 radical (unpaired) electrons. The third kappa shape index (κ3) is 1.81. The Morgan fingerprint density at radius 2 is 2.17 bits per heavy atom. The fraction of sp³-hybridized carbons (Fsp3) is 0.667. The van der Waals surface area contributed by atoms with Crippen LogP contribution in [-0.2, 0) is 9.53 Å². The first-order valence-corrected chi connectivity index (χ1v) is 4.51. The van der Waals surface area contributed by atoms with Crippen LogP contribution < -0.4 is 0 Å². The van der Waals surface area contributed by atoms with E-state index in [0.29, 0.717) is 5.92 Å². The topological polar surface area (TPSA) is 26.3 Å². The van der Waals surface area contributed by atoms with Gasteiger partial charge in [-0.1, -0.05) is 13.8 Å². The molecule has 0 saturated heterocycles. The Morgan fingerprint density at radius 1 is 1.58 bits per heavy atom. The maximum Gasteiger partial charge on any atom is 0.333 e. The van der Waals surface area contributed by atoms with Gasteiger partial charge in [0.15, 0.2) is 5.38 Å². The maximum atomic E-state index is 11.0. The smallest absolute Gasteiger partial charge is 0.333 e. The standard InChI is InChI=1S/C9H13ClO2/c1-5(2)4-7-6(3)8(10)9(11)12-7/h5,8H,4H2,1-3H3. The predicted molar refractivity (Wildman–Crippen MR) is 47.9 cm³/mol. The summed E-state index contributed by atoms with van der Waals surface area (Å²) in [5.74, 6) is 0.921. The van der Waals surface area contributed by atoms with Crippen LogP contribution in [0.15, 0.2) is 11.3 Å². The highest BCUT2D eigenvalue weighted by Gasteiger charge is 2.30. The van der Waals surface area contributed by atoms with Gasteiger partial charge in [-0.15, -0.1) is 11.6 Å². The van der Waals surface area contributed by atoms with Crippen LogP contribution in [0.3, 0.4) is 0 Å². The molecule has 1 atom stereocenters. The van der Waals surface area contributed by atoms with Crippen molar-refractivity contribution in [2.24, 2.45) is 5.92 Å². The lowest BCUT2D eigenvalue weighted by Crippen LogP contribution is -2.08. The lowest BCUT2D eigenvalue weighted by molar-refractivity contribution is -0.136. The fourth-order valence-corrected chi connectivity index (χ4v) is 1.31. The number of allylic oxidation sites excluding steroid dienone is 1. The van der Waals surface area contributed by atoms with Gasteiger partial charge in [-0.25, -0.2) is 4.79 Å². The quantitative estimate of drug-likeness (QED) is 0.492. The Kier molecular flexibility index (Phi) is 2.78. The van der Waals surface area contributed by atoms with Crippen molar-refractivity contribution in [3.63, 3.8) is 0 Å². The summed E-state index contributed by atoms with van der Waals surface area (Å²) in [5, 5.41) is -0.557. The summed E-state index contributed by atoms with van der Waals surface area (Å²) in [6, 6.07) is 0. The monoisotopic (exact) mass is 188 g/mol. The number of ether oxygens (including phenoxy) is 1. The normalized spacial score (nSPS) is 23.8. The third-order valence-electron chi connectivity index (χ3n) is 1.84. The molecule has 1 heterocycles. The molecule has 0 spiro atoms. The second kappa shape index (κ2) is 3.48. The van der Waals surface area contributed by atoms with Gasteiger partial charge in [0.25, 0.3) is 0 Å². The molecule has 1 rings (SSSR count). The van der Waals surface area contributed by atoms with Crippen LogP contribution in [0, 0.1) is 5.92 Å². The van der Waals surface area contributed by atoms with Gasteiger partial charge in [0.1, 0.15) is 5.76 Å². The van der Waals surface area contributed by atoms with Crippen molar-refractivity contribution in [3.05, 3.63) is 11.3 Å². The molecule has 68 valence electrons. The molecular formula is C9H13ClO2. The van der Waals surface area contributed by atoms with Gasteiger partial charge in [0.05, 0.1) is 0 Å². The van der Waals surface area contributed by atoms with E-state index < -0.39 is 5.38 Å². The van der Waals surface area contributed by atoms with E-state index in [2.05, 4.69) is 13.8 Å². The van der Waals surface area contributed by atoms with Gasteiger partial charge in [-0.2, -0.15) is 0 Å². The molecule has 2 nitrogen and oxygen atoms in total. The molecule has 1 aliphatic heterocycles. The first kappa shape index (κ1) is 9.59. The van der Waals surface area contributed by atoms with E-state index in [9.17, 15) is 4.79 Å². The van der Waals surface area contributed by atoms with Gasteiger partial charge in [0.2, 0.25) is 0 Å². The number of hydrogen-bond donors (Lipinski definition) is 0. The van der Waals surface area contributed by atoms with Crippen molar-refractivity contribution in [2.45, 2.75) is 32.6 Å². The zero-order valence-electron chi connectivity index (χ0n) is 7.56. The van der Waals surface area contributed by atoms with Gasteiger partial charge >= 0.3 is 5.97 Å². The highest BCUT2D eigenvalue weighted by Crippen LogP contribution is 2.28. The van der Waals surface area contributed by atoms with Crippen LogP contribution in [0.5, 0.6) is 0 Å². The number of cyclic esters (lactones) is 1. The Bertz CT molecular complexity index is 231. The average molecular weight is 189 g/mol. The number of rotatable bonds is 2. The van der Waals surface area contributed by atoms with Crippen molar-refractivity contribution in [3.8, 4) is 0 Å². The molecule has 0 amide bonds. The second-order valence-electron chi connectivity index (χ2n) is 3.49. The molecule has 0 fully saturated rings. The number of halogens is 1. The minimum atomic E-state index is -0.557. The van der Waals surface area contributed by atoms with Crippen molar-refractivity contribution < 1.29 is 9.53 Å². The molecule has 0 aromatic heterocycles. The van der Waals surface area contributed by atoms with Crippen LogP contribution in [-0.4, -0.2) is 11.3 Å². The average Bonchev–Trinajstić information content (AvgIpc) is 2.17. The molecular weight excluding hydrogens is 176 g/mol. The van der Waals surface area contributed by atoms with Crippen molar-refractivity contribution in [1.82, 2.24) is 0 Å². The first-order valence-electron chi connectivity index (χ1n) is 4.07. The Balaban J connectivity index is 2.71. The minimum Gasteiger partial charge on any atom is -0.430 e. The highest BCUT2D eigenvalue weighted by molar-refractivity contribution is 6.32. The van der Waals surface area contributed by atoms with E-state index in [1.165, 1.54) is 0 Å². The molecule has 0 saturated carbocycles. The van der Waals surface area contributed by atoms with Crippen LogP contribution in [0.1, 0.15) is 27.2 Å². The van der Waals surface area contributed by atoms with E-state index >= 15 is 0 Å². The van der Waals surface area contributed by atoms with Gasteiger partial charge in [-0.05, 0) is 18.4 Å². The van der Waals surface area contributed by atoms with Gasteiger partial charge in [-0.3, -0.25) is 0 Å². The molecule has 12 heavy (non-hydrogen) atoms. The summed E-state index contributed by atoms with van der Waals surface area (Å²) in [5.41, 5.74) is 0.871. The molecule has 0 aliphatic carbocycles. The van der Waals surface area contributed by atoms with E-state index in [4.69, 9.17) is 16.3 Å². The van der Waals surface area contributed by atoms with Gasteiger partial charge < -0.3 is 4.74 Å². The molecule has 1 aliphatic rings. The first-order chi connectivity index (χ1) is 5.52. The van der Waals surface area contributed by atoms with Crippen molar-refractivity contribution in [2.75, 3.05) is 0 Å². The molecule has 0 aromatic carbocycles. The lowest BCUT2D eigenvalue weighted by atomic mass is 10.1. The summed E-state index contributed by atoms with van der Waals surface area (Å²) >= 11 is 5.76. The Morgan fingerprint density at radius 3 is 2.50 bits per heavy atom. The molecule has 0 bridgehead atoms. The van der Waals surface area contributed by atoms with Crippen LogP contribution in [0.25, 0.3) is 0 Å². The number of alkyl halides is 1. The summed E-state index contributed by atoms with van der Waals surface area (Å²) in [4.78, 5) is 11.0. The minimum absolute atomic E-state index is 0.329. The Labute approximate surface area is 77.5 Å². The second-order valence-corrected chi connectivity index (χ2v) is 3.92. The number of hydrogen-bond acceptors (Lipinski definition) is 2. The highest BCUT2D eigenvalue weighted by atomic mass is 35.5. The van der Waals surface area contributed by atoms with Crippen LogP contribution in [0.4, 0.5) is 0 Å². The summed E-state index contributed by atoms with van der Waals surface area (Å²) in [7, 11) is 0. The fourth-order valence-electron chi connectivity index (χ4n) is 1.15. The Hall–Kier alpha value is -0.500. The molecule has 1 unspecified atom stereocenters. The summed E-state index contributed by atoms with van der Waals surface area (Å²) in [6.45, 7) is 6.01. The SMILES string of the molecule is CC1=C(CC(C)C)OC(=O)C1Cl. The van der Waals surface area contributed by atoms with E-state index in [1.807, 2.05) is 6.92 Å². The summed E-state index contributed by atoms with van der Waals surface area (Å²) in [6.07, 6.45) is 0.792. The summed E-state index contributed by atoms with van der Waals surface area (Å²) < 4.78 is 5.01. The molecule has 3 heteroatoms. The maximum absolute atomic E-state index is 11.0. The number of carbonyl (C=O) groups excluding carboxylic acids is 1. The zero-order valence-corrected chi connectivity index (χ0v) is 8.31. The molecule has 0 aromatic rings. The number of carbonyl (C=O) groups is 1. The third-order valence-corrected chi connectivity index (χ3v) is 2.35. The van der Waals surface area contributed by atoms with Crippen molar-refractivity contribution >= 4 is 17.6 Å². The number of esters is 1. The lowest BCUT2D eigenvalue weighted by Gasteiger charge is -2.05. The largest absolute Gasteiger partial charge is 0.430 e.